The number of methoxy groups -OCH3 is 2. The number of fused-ring (bicyclic) bond motifs is 1. The van der Waals surface area contributed by atoms with Crippen LogP contribution in [0.25, 0.3) is 16.6 Å². The van der Waals surface area contributed by atoms with E-state index in [1.54, 1.807) is 44.6 Å². The summed E-state index contributed by atoms with van der Waals surface area (Å²) in [4.78, 5) is 4.42. The molecule has 0 amide bonds. The molecule has 4 rings (SSSR count). The van der Waals surface area contributed by atoms with E-state index >= 15 is 4.39 Å². The van der Waals surface area contributed by atoms with Gasteiger partial charge in [0.05, 0.1) is 16.1 Å². The number of nitrogens with two attached hydrogens (primary N) is 1. The van der Waals surface area contributed by atoms with E-state index in [0.717, 1.165) is 35.5 Å². The topological polar surface area (TPSA) is 77.6 Å². The van der Waals surface area contributed by atoms with Gasteiger partial charge >= 0.3 is 0 Å². The minimum absolute atomic E-state index is 0.0263. The zero-order valence-electron chi connectivity index (χ0n) is 22.8. The quantitative estimate of drug-likeness (QED) is 0.0864. The summed E-state index contributed by atoms with van der Waals surface area (Å²) in [5.41, 5.74) is 7.42. The van der Waals surface area contributed by atoms with Crippen molar-refractivity contribution in [1.29, 1.82) is 0 Å². The first kappa shape index (κ1) is 30.4. The summed E-state index contributed by atoms with van der Waals surface area (Å²) in [7, 11) is 2.98. The van der Waals surface area contributed by atoms with Crippen LogP contribution in [0.4, 0.5) is 23.2 Å². The third kappa shape index (κ3) is 6.51. The standard InChI is InChI=1S/C29H31F4N5O2S/c1-29(34,23(16-35-13-11-30)20-9-12-36-28-21(20)10-14-37(28)17-39-2)22-5-4-6-25(27(22)33)38(18-40-3)41-26-15-19(31)7-8-24(26)32/h4-10,12,14-16,35H,11,13,17-18,34H2,1-3H3. The number of pyridine rings is 1. The van der Waals surface area contributed by atoms with Gasteiger partial charge in [0.25, 0.3) is 0 Å². The Bertz CT molecular complexity index is 1530. The Morgan fingerprint density at radius 3 is 2.68 bits per heavy atom. The predicted octanol–water partition coefficient (Wildman–Crippen LogP) is 5.95. The van der Waals surface area contributed by atoms with Gasteiger partial charge < -0.3 is 25.1 Å². The molecule has 0 aliphatic carbocycles. The van der Waals surface area contributed by atoms with Crippen molar-refractivity contribution in [3.05, 3.63) is 95.7 Å². The van der Waals surface area contributed by atoms with E-state index < -0.39 is 29.7 Å². The van der Waals surface area contributed by atoms with Crippen molar-refractivity contribution in [2.24, 2.45) is 5.73 Å². The van der Waals surface area contributed by atoms with Gasteiger partial charge in [0.1, 0.15) is 37.4 Å². The van der Waals surface area contributed by atoms with Crippen molar-refractivity contribution in [1.82, 2.24) is 14.9 Å². The Labute approximate surface area is 240 Å². The monoisotopic (exact) mass is 589 g/mol. The van der Waals surface area contributed by atoms with E-state index in [1.807, 2.05) is 16.8 Å². The highest BCUT2D eigenvalue weighted by molar-refractivity contribution is 8.00. The van der Waals surface area contributed by atoms with Crippen molar-refractivity contribution >= 4 is 34.2 Å². The molecular formula is C29H31F4N5O2S. The maximum absolute atomic E-state index is 16.4. The predicted molar refractivity (Wildman–Crippen MR) is 153 cm³/mol. The van der Waals surface area contributed by atoms with Crippen LogP contribution in [0, 0.1) is 17.5 Å². The van der Waals surface area contributed by atoms with E-state index in [2.05, 4.69) is 10.3 Å². The summed E-state index contributed by atoms with van der Waals surface area (Å²) in [5.74, 6) is -1.98. The summed E-state index contributed by atoms with van der Waals surface area (Å²) < 4.78 is 71.4. The second-order valence-corrected chi connectivity index (χ2v) is 10.4. The van der Waals surface area contributed by atoms with Gasteiger partial charge in [-0.05, 0) is 66.4 Å². The molecule has 218 valence electrons. The average Bonchev–Trinajstić information content (AvgIpc) is 3.36. The van der Waals surface area contributed by atoms with Gasteiger partial charge in [-0.1, -0.05) is 12.1 Å². The number of halogens is 4. The fourth-order valence-corrected chi connectivity index (χ4v) is 5.45. The Morgan fingerprint density at radius 2 is 1.95 bits per heavy atom. The molecule has 2 aromatic carbocycles. The lowest BCUT2D eigenvalue weighted by Gasteiger charge is -2.32. The molecule has 7 nitrogen and oxygen atoms in total. The van der Waals surface area contributed by atoms with E-state index in [9.17, 15) is 13.2 Å². The Hall–Kier alpha value is -3.58. The molecule has 12 heteroatoms. The summed E-state index contributed by atoms with van der Waals surface area (Å²) in [6, 6.07) is 11.3. The number of hydrogen-bond acceptors (Lipinski definition) is 7. The molecule has 3 N–H and O–H groups in total. The van der Waals surface area contributed by atoms with Crippen LogP contribution in [-0.2, 0) is 21.7 Å². The van der Waals surface area contributed by atoms with Crippen molar-refractivity contribution in [3.63, 3.8) is 0 Å². The first-order valence-electron chi connectivity index (χ1n) is 12.6. The van der Waals surface area contributed by atoms with Crippen molar-refractivity contribution < 1.29 is 27.0 Å². The third-order valence-corrected chi connectivity index (χ3v) is 7.45. The van der Waals surface area contributed by atoms with E-state index in [1.165, 1.54) is 17.5 Å². The number of benzene rings is 2. The molecule has 2 aromatic heterocycles. The molecule has 2 heterocycles. The number of alkyl halides is 1. The van der Waals surface area contributed by atoms with E-state index in [-0.39, 0.29) is 36.2 Å². The van der Waals surface area contributed by atoms with Gasteiger partial charge in [-0.25, -0.2) is 22.5 Å². The molecule has 41 heavy (non-hydrogen) atoms. The van der Waals surface area contributed by atoms with Crippen LogP contribution >= 0.6 is 11.9 Å². The molecule has 1 unspecified atom stereocenters. The highest BCUT2D eigenvalue weighted by Crippen LogP contribution is 2.41. The van der Waals surface area contributed by atoms with Gasteiger partial charge in [-0.15, -0.1) is 0 Å². The van der Waals surface area contributed by atoms with Crippen LogP contribution in [-0.4, -0.2) is 43.7 Å². The average molecular weight is 590 g/mol. The zero-order valence-corrected chi connectivity index (χ0v) is 23.7. The minimum Gasteiger partial charge on any atom is -0.388 e. The first-order chi connectivity index (χ1) is 19.7. The highest BCUT2D eigenvalue weighted by atomic mass is 32.2. The van der Waals surface area contributed by atoms with E-state index in [4.69, 9.17) is 15.2 Å². The van der Waals surface area contributed by atoms with Crippen LogP contribution in [0.15, 0.2) is 72.0 Å². The molecule has 0 saturated heterocycles. The lowest BCUT2D eigenvalue weighted by Crippen LogP contribution is -2.37. The molecule has 0 fully saturated rings. The molecule has 0 saturated carbocycles. The SMILES string of the molecule is COCN(Sc1cc(F)ccc1F)c1cccc(C(C)(N)C(=CNCCF)c2ccnc3c2ccn3COC)c1F. The highest BCUT2D eigenvalue weighted by Gasteiger charge is 2.33. The number of ether oxygens (including phenoxy) is 2. The van der Waals surface area contributed by atoms with Crippen LogP contribution in [0.3, 0.4) is 0 Å². The maximum Gasteiger partial charge on any atom is 0.152 e. The number of nitrogens with one attached hydrogen (secondary N) is 1. The second kappa shape index (κ2) is 13.4. The fraction of sp³-hybridized carbons (Fsp3) is 0.276. The summed E-state index contributed by atoms with van der Waals surface area (Å²) in [6.45, 7) is 1.19. The van der Waals surface area contributed by atoms with Gasteiger partial charge in [-0.2, -0.15) is 0 Å². The summed E-state index contributed by atoms with van der Waals surface area (Å²) in [6.07, 6.45) is 5.01. The minimum atomic E-state index is -1.45. The number of aromatic nitrogens is 2. The van der Waals surface area contributed by atoms with Gasteiger partial charge in [0, 0.05) is 50.3 Å². The first-order valence-corrected chi connectivity index (χ1v) is 13.4. The maximum atomic E-state index is 16.4. The summed E-state index contributed by atoms with van der Waals surface area (Å²) in [5, 5.41) is 3.66. The Morgan fingerprint density at radius 1 is 1.15 bits per heavy atom. The zero-order chi connectivity index (χ0) is 29.6. The number of anilines is 1. The molecule has 0 spiro atoms. The molecule has 4 aromatic rings. The van der Waals surface area contributed by atoms with Crippen molar-refractivity contribution in [2.75, 3.05) is 38.5 Å². The number of hydrogen-bond donors (Lipinski definition) is 2. The lowest BCUT2D eigenvalue weighted by molar-refractivity contribution is 0.134. The van der Waals surface area contributed by atoms with Crippen LogP contribution in [0.2, 0.25) is 0 Å². The molecule has 0 radical (unpaired) electrons. The fourth-order valence-electron chi connectivity index (χ4n) is 4.49. The normalized spacial score (nSPS) is 13.4. The van der Waals surface area contributed by atoms with Crippen LogP contribution in [0.5, 0.6) is 0 Å². The van der Waals surface area contributed by atoms with Gasteiger partial charge in [-0.3, -0.25) is 4.31 Å². The number of rotatable bonds is 13. The molecule has 0 bridgehead atoms. The molecule has 1 atom stereocenters. The lowest BCUT2D eigenvalue weighted by atomic mass is 9.81. The third-order valence-electron chi connectivity index (χ3n) is 6.42. The largest absolute Gasteiger partial charge is 0.388 e. The Kier molecular flexibility index (Phi) is 9.92. The number of nitrogens with zero attached hydrogens (tertiary/aromatic N) is 3. The van der Waals surface area contributed by atoms with E-state index in [0.29, 0.717) is 16.8 Å². The van der Waals surface area contributed by atoms with Crippen molar-refractivity contribution in [3.8, 4) is 0 Å². The smallest absolute Gasteiger partial charge is 0.152 e. The van der Waals surface area contributed by atoms with Crippen molar-refractivity contribution in [2.45, 2.75) is 24.1 Å². The van der Waals surface area contributed by atoms with Crippen LogP contribution < -0.4 is 15.4 Å². The molecule has 0 aliphatic rings. The second-order valence-electron chi connectivity index (χ2n) is 9.30. The molecular weight excluding hydrogens is 558 g/mol. The van der Waals surface area contributed by atoms with Crippen LogP contribution in [0.1, 0.15) is 18.1 Å². The Balaban J connectivity index is 1.82. The summed E-state index contributed by atoms with van der Waals surface area (Å²) >= 11 is 0.793. The van der Waals surface area contributed by atoms with Gasteiger partial charge in [0.2, 0.25) is 0 Å². The molecule has 0 aliphatic heterocycles. The van der Waals surface area contributed by atoms with Gasteiger partial charge in [0.15, 0.2) is 5.82 Å².